The predicted molar refractivity (Wildman–Crippen MR) is 65.6 cm³/mol. The van der Waals surface area contributed by atoms with Crippen molar-refractivity contribution in [2.45, 2.75) is 6.42 Å². The van der Waals surface area contributed by atoms with Crippen molar-refractivity contribution >= 4 is 22.6 Å². The Morgan fingerprint density at radius 3 is 3.06 bits per heavy atom. The van der Waals surface area contributed by atoms with Crippen LogP contribution in [0.3, 0.4) is 0 Å². The molecular weight excluding hydrogens is 216 g/mol. The maximum absolute atomic E-state index is 11.2. The van der Waals surface area contributed by atoms with Gasteiger partial charge in [0, 0.05) is 23.5 Å². The number of para-hydroxylation sites is 1. The fourth-order valence-corrected chi connectivity index (χ4v) is 1.98. The normalized spacial score (nSPS) is 15.3. The fourth-order valence-electron chi connectivity index (χ4n) is 1.98. The first-order chi connectivity index (χ1) is 8.33. The van der Waals surface area contributed by atoms with Gasteiger partial charge in [-0.05, 0) is 11.6 Å². The standard InChI is InChI=1S/C12H12N4O/c17-12-7-14-16-11(15-12)5-8-6-13-10-4-2-1-3-9(8)10/h1-4,6,13-14H,5,7H2,(H,15,16,17). The average Bonchev–Trinajstić information content (AvgIpc) is 2.73. The summed E-state index contributed by atoms with van der Waals surface area (Å²) in [7, 11) is 0. The molecule has 0 fully saturated rings. The lowest BCUT2D eigenvalue weighted by Gasteiger charge is -2.13. The molecule has 0 aliphatic carbocycles. The number of aromatic amines is 1. The number of rotatable bonds is 2. The highest BCUT2D eigenvalue weighted by molar-refractivity contribution is 6.02. The van der Waals surface area contributed by atoms with Crippen LogP contribution in [0.15, 0.2) is 35.6 Å². The molecule has 1 amide bonds. The summed E-state index contributed by atoms with van der Waals surface area (Å²) >= 11 is 0. The second-order valence-electron chi connectivity index (χ2n) is 3.98. The summed E-state index contributed by atoms with van der Waals surface area (Å²) in [6.45, 7) is 0.247. The van der Waals surface area contributed by atoms with E-state index in [1.165, 1.54) is 0 Å². The average molecular weight is 228 g/mol. The summed E-state index contributed by atoms with van der Waals surface area (Å²) in [4.78, 5) is 14.4. The molecule has 3 N–H and O–H groups in total. The Bertz CT molecular complexity index is 599. The zero-order valence-electron chi connectivity index (χ0n) is 9.16. The number of amidine groups is 1. The smallest absolute Gasteiger partial charge is 0.246 e. The van der Waals surface area contributed by atoms with Gasteiger partial charge in [-0.3, -0.25) is 10.2 Å². The van der Waals surface area contributed by atoms with Crippen LogP contribution in [0.5, 0.6) is 0 Å². The van der Waals surface area contributed by atoms with Crippen LogP contribution >= 0.6 is 0 Å². The van der Waals surface area contributed by atoms with Crippen molar-refractivity contribution in [1.29, 1.82) is 0 Å². The van der Waals surface area contributed by atoms with E-state index in [4.69, 9.17) is 0 Å². The molecule has 0 atom stereocenters. The monoisotopic (exact) mass is 228 g/mol. The molecule has 1 aromatic carbocycles. The van der Waals surface area contributed by atoms with E-state index in [2.05, 4.69) is 26.9 Å². The molecular formula is C12H12N4O. The minimum absolute atomic E-state index is 0.0464. The summed E-state index contributed by atoms with van der Waals surface area (Å²) in [5.41, 5.74) is 4.93. The van der Waals surface area contributed by atoms with Crippen LogP contribution in [-0.2, 0) is 11.2 Å². The van der Waals surface area contributed by atoms with Gasteiger partial charge < -0.3 is 10.3 Å². The van der Waals surface area contributed by atoms with Crippen molar-refractivity contribution in [3.05, 3.63) is 36.0 Å². The Morgan fingerprint density at radius 1 is 1.29 bits per heavy atom. The number of carbonyl (C=O) groups is 1. The van der Waals surface area contributed by atoms with Gasteiger partial charge in [-0.1, -0.05) is 18.2 Å². The van der Waals surface area contributed by atoms with Crippen LogP contribution in [0.4, 0.5) is 0 Å². The summed E-state index contributed by atoms with van der Waals surface area (Å²) in [5, 5.41) is 8.00. The third-order valence-corrected chi connectivity index (χ3v) is 2.77. The van der Waals surface area contributed by atoms with E-state index in [0.29, 0.717) is 12.3 Å². The van der Waals surface area contributed by atoms with Crippen molar-refractivity contribution in [3.63, 3.8) is 0 Å². The summed E-state index contributed by atoms with van der Waals surface area (Å²) in [5.74, 6) is 0.612. The molecule has 1 aliphatic rings. The summed E-state index contributed by atoms with van der Waals surface area (Å²) in [6, 6.07) is 8.07. The molecule has 0 unspecified atom stereocenters. The number of benzene rings is 1. The lowest BCUT2D eigenvalue weighted by atomic mass is 10.1. The molecule has 2 aromatic rings. The Hall–Kier alpha value is -2.30. The van der Waals surface area contributed by atoms with E-state index < -0.39 is 0 Å². The minimum Gasteiger partial charge on any atom is -0.361 e. The highest BCUT2D eigenvalue weighted by Crippen LogP contribution is 2.18. The van der Waals surface area contributed by atoms with Gasteiger partial charge in [0.2, 0.25) is 5.91 Å². The second-order valence-corrected chi connectivity index (χ2v) is 3.98. The van der Waals surface area contributed by atoms with Crippen LogP contribution in [0, 0.1) is 0 Å². The van der Waals surface area contributed by atoms with Crippen molar-refractivity contribution in [2.75, 3.05) is 6.54 Å². The molecule has 3 rings (SSSR count). The zero-order valence-corrected chi connectivity index (χ0v) is 9.16. The van der Waals surface area contributed by atoms with Crippen LogP contribution in [-0.4, -0.2) is 23.3 Å². The molecule has 2 heterocycles. The third-order valence-electron chi connectivity index (χ3n) is 2.77. The van der Waals surface area contributed by atoms with Gasteiger partial charge in [-0.25, -0.2) is 0 Å². The van der Waals surface area contributed by atoms with Gasteiger partial charge in [-0.15, -0.1) is 0 Å². The van der Waals surface area contributed by atoms with Gasteiger partial charge in [-0.2, -0.15) is 5.10 Å². The molecule has 5 nitrogen and oxygen atoms in total. The number of aromatic nitrogens is 1. The first-order valence-corrected chi connectivity index (χ1v) is 5.47. The van der Waals surface area contributed by atoms with Crippen LogP contribution in [0.2, 0.25) is 0 Å². The van der Waals surface area contributed by atoms with Crippen LogP contribution in [0.1, 0.15) is 5.56 Å². The lowest BCUT2D eigenvalue weighted by molar-refractivity contribution is -0.119. The zero-order chi connectivity index (χ0) is 11.7. The van der Waals surface area contributed by atoms with Gasteiger partial charge in [0.1, 0.15) is 12.4 Å². The number of carbonyl (C=O) groups excluding carboxylic acids is 1. The highest BCUT2D eigenvalue weighted by Gasteiger charge is 2.13. The quantitative estimate of drug-likeness (QED) is 0.709. The third kappa shape index (κ3) is 1.87. The van der Waals surface area contributed by atoms with E-state index in [-0.39, 0.29) is 12.5 Å². The van der Waals surface area contributed by atoms with Crippen LogP contribution < -0.4 is 10.7 Å². The Labute approximate surface area is 97.9 Å². The van der Waals surface area contributed by atoms with Gasteiger partial charge in [0.15, 0.2) is 0 Å². The van der Waals surface area contributed by atoms with E-state index in [1.54, 1.807) is 0 Å². The number of fused-ring (bicyclic) bond motifs is 1. The molecule has 0 saturated carbocycles. The molecule has 17 heavy (non-hydrogen) atoms. The Morgan fingerprint density at radius 2 is 2.18 bits per heavy atom. The highest BCUT2D eigenvalue weighted by atomic mass is 16.2. The molecule has 86 valence electrons. The second kappa shape index (κ2) is 3.93. The van der Waals surface area contributed by atoms with E-state index >= 15 is 0 Å². The van der Waals surface area contributed by atoms with E-state index in [0.717, 1.165) is 16.5 Å². The first-order valence-electron chi connectivity index (χ1n) is 5.47. The van der Waals surface area contributed by atoms with Gasteiger partial charge >= 0.3 is 0 Å². The molecule has 0 spiro atoms. The molecule has 1 aromatic heterocycles. The Balaban J connectivity index is 1.90. The number of hydrazone groups is 1. The maximum atomic E-state index is 11.2. The largest absolute Gasteiger partial charge is 0.361 e. The van der Waals surface area contributed by atoms with Crippen molar-refractivity contribution < 1.29 is 4.79 Å². The number of nitrogens with zero attached hydrogens (tertiary/aromatic N) is 1. The number of H-pyrrole nitrogens is 1. The van der Waals surface area contributed by atoms with Crippen molar-refractivity contribution in [1.82, 2.24) is 15.7 Å². The fraction of sp³-hybridized carbons (Fsp3) is 0.167. The number of nitrogens with one attached hydrogen (secondary N) is 3. The molecule has 0 bridgehead atoms. The molecule has 0 saturated heterocycles. The number of amides is 1. The SMILES string of the molecule is O=C1CNN=C(Cc2c[nH]c3ccccc23)N1. The van der Waals surface area contributed by atoms with Gasteiger partial charge in [0.05, 0.1) is 0 Å². The molecule has 0 radical (unpaired) electrons. The minimum atomic E-state index is -0.0464. The first kappa shape index (κ1) is 9.89. The summed E-state index contributed by atoms with van der Waals surface area (Å²) in [6.07, 6.45) is 2.57. The predicted octanol–water partition coefficient (Wildman–Crippen LogP) is 0.743. The number of hydrogen-bond acceptors (Lipinski definition) is 3. The van der Waals surface area contributed by atoms with E-state index in [9.17, 15) is 4.79 Å². The molecule has 5 heteroatoms. The number of hydrogen-bond donors (Lipinski definition) is 3. The summed E-state index contributed by atoms with van der Waals surface area (Å²) < 4.78 is 0. The Kier molecular flexibility index (Phi) is 2.29. The van der Waals surface area contributed by atoms with Gasteiger partial charge in [0.25, 0.3) is 0 Å². The maximum Gasteiger partial charge on any atom is 0.246 e. The lowest BCUT2D eigenvalue weighted by Crippen LogP contribution is -2.43. The van der Waals surface area contributed by atoms with E-state index in [1.807, 2.05) is 24.4 Å². The van der Waals surface area contributed by atoms with Crippen molar-refractivity contribution in [3.8, 4) is 0 Å². The van der Waals surface area contributed by atoms with Crippen molar-refractivity contribution in [2.24, 2.45) is 5.10 Å². The molecule has 1 aliphatic heterocycles. The topological polar surface area (TPSA) is 69.3 Å². The van der Waals surface area contributed by atoms with Crippen LogP contribution in [0.25, 0.3) is 10.9 Å².